The van der Waals surface area contributed by atoms with E-state index in [-0.39, 0.29) is 5.92 Å². The van der Waals surface area contributed by atoms with Crippen LogP contribution in [0.4, 0.5) is 13.2 Å². The third-order valence-corrected chi connectivity index (χ3v) is 6.07. The lowest BCUT2D eigenvalue weighted by Gasteiger charge is -2.27. The number of hydrogen-bond acceptors (Lipinski definition) is 2. The fraction of sp³-hybridized carbons (Fsp3) is 0.400. The van der Waals surface area contributed by atoms with Crippen molar-refractivity contribution in [3.63, 3.8) is 0 Å². The van der Waals surface area contributed by atoms with Gasteiger partial charge in [0, 0.05) is 10.8 Å². The maximum absolute atomic E-state index is 12.8. The van der Waals surface area contributed by atoms with E-state index >= 15 is 0 Å². The topological polar surface area (TPSA) is 34.1 Å². The maximum Gasteiger partial charge on any atom is 0.450 e. The van der Waals surface area contributed by atoms with Gasteiger partial charge >= 0.3 is 6.18 Å². The summed E-state index contributed by atoms with van der Waals surface area (Å²) in [5.41, 5.74) is 0. The van der Waals surface area contributed by atoms with Crippen LogP contribution in [0.25, 0.3) is 0 Å². The molecule has 6 heteroatoms. The third kappa shape index (κ3) is 2.46. The zero-order valence-corrected chi connectivity index (χ0v) is 11.7. The Kier molecular flexibility index (Phi) is 3.51. The lowest BCUT2D eigenvalue weighted by molar-refractivity contribution is -0.176. The summed E-state index contributed by atoms with van der Waals surface area (Å²) in [5, 5.41) is -0.781. The van der Waals surface area contributed by atoms with Crippen LogP contribution in [0.5, 0.6) is 0 Å². The molecule has 2 aliphatic rings. The SMILES string of the molecule is O=C([C@@H]1[C@@H](S(=O)c2ccccc2)[C@@H]2C=C[C@H]1C2)C(F)(F)F. The molecule has 21 heavy (non-hydrogen) atoms. The van der Waals surface area contributed by atoms with Crippen LogP contribution < -0.4 is 0 Å². The normalized spacial score (nSPS) is 32.3. The van der Waals surface area contributed by atoms with E-state index in [2.05, 4.69) is 0 Å². The molecule has 2 bridgehead atoms. The zero-order chi connectivity index (χ0) is 15.2. The number of rotatable bonds is 3. The molecule has 2 aliphatic carbocycles. The van der Waals surface area contributed by atoms with Gasteiger partial charge in [0.15, 0.2) is 0 Å². The molecule has 2 nitrogen and oxygen atoms in total. The average molecular weight is 314 g/mol. The molecule has 1 aromatic carbocycles. The predicted molar refractivity (Wildman–Crippen MR) is 71.9 cm³/mol. The van der Waals surface area contributed by atoms with E-state index in [4.69, 9.17) is 0 Å². The van der Waals surface area contributed by atoms with Gasteiger partial charge in [0.1, 0.15) is 0 Å². The molecular formula is C15H13F3O2S. The van der Waals surface area contributed by atoms with Gasteiger partial charge in [0.05, 0.1) is 16.0 Å². The van der Waals surface area contributed by atoms with Crippen molar-refractivity contribution < 1.29 is 22.2 Å². The summed E-state index contributed by atoms with van der Waals surface area (Å²) in [7, 11) is -1.62. The molecule has 1 fully saturated rings. The maximum atomic E-state index is 12.8. The van der Waals surface area contributed by atoms with Gasteiger partial charge in [0.2, 0.25) is 5.78 Å². The van der Waals surface area contributed by atoms with Crippen LogP contribution in [-0.2, 0) is 15.6 Å². The summed E-state index contributed by atoms with van der Waals surface area (Å²) in [4.78, 5) is 12.2. The van der Waals surface area contributed by atoms with Crippen LogP contribution in [0.2, 0.25) is 0 Å². The highest BCUT2D eigenvalue weighted by Crippen LogP contribution is 2.49. The molecule has 0 radical (unpaired) electrons. The summed E-state index contributed by atoms with van der Waals surface area (Å²) in [6.45, 7) is 0. The molecule has 1 saturated carbocycles. The number of benzene rings is 1. The number of fused-ring (bicyclic) bond motifs is 2. The standard InChI is InChI=1S/C15H13F3O2S/c16-15(17,18)14(19)12-9-6-7-10(8-9)13(12)21(20)11-4-2-1-3-5-11/h1-7,9-10,12-13H,8H2/t9-,10+,12-,13-,21?/m0/s1. The van der Waals surface area contributed by atoms with Crippen molar-refractivity contribution in [2.24, 2.45) is 17.8 Å². The largest absolute Gasteiger partial charge is 0.450 e. The van der Waals surface area contributed by atoms with E-state index in [0.717, 1.165) is 0 Å². The minimum atomic E-state index is -4.87. The van der Waals surface area contributed by atoms with Gasteiger partial charge < -0.3 is 0 Å². The monoisotopic (exact) mass is 314 g/mol. The van der Waals surface area contributed by atoms with Gasteiger partial charge in [0.25, 0.3) is 0 Å². The minimum absolute atomic E-state index is 0.215. The Morgan fingerprint density at radius 2 is 1.71 bits per heavy atom. The van der Waals surface area contributed by atoms with Crippen LogP contribution >= 0.6 is 0 Å². The van der Waals surface area contributed by atoms with Crippen LogP contribution in [0.3, 0.4) is 0 Å². The molecule has 3 rings (SSSR count). The first kappa shape index (κ1) is 14.5. The van der Waals surface area contributed by atoms with Gasteiger partial charge in [-0.3, -0.25) is 9.00 Å². The minimum Gasteiger partial charge on any atom is -0.289 e. The van der Waals surface area contributed by atoms with E-state index in [0.29, 0.717) is 11.3 Å². The van der Waals surface area contributed by atoms with Gasteiger partial charge in [-0.1, -0.05) is 30.4 Å². The second kappa shape index (κ2) is 5.09. The molecule has 5 atom stereocenters. The molecule has 1 aromatic rings. The second-order valence-electron chi connectivity index (χ2n) is 5.41. The lowest BCUT2D eigenvalue weighted by Crippen LogP contribution is -2.41. The van der Waals surface area contributed by atoms with E-state index in [9.17, 15) is 22.2 Å². The first-order valence-electron chi connectivity index (χ1n) is 6.64. The molecule has 0 spiro atoms. The third-order valence-electron chi connectivity index (χ3n) is 4.19. The molecule has 0 saturated heterocycles. The van der Waals surface area contributed by atoms with Crippen molar-refractivity contribution >= 4 is 16.6 Å². The zero-order valence-electron chi connectivity index (χ0n) is 10.9. The quantitative estimate of drug-likeness (QED) is 0.803. The number of carbonyl (C=O) groups is 1. The number of halogens is 3. The summed E-state index contributed by atoms with van der Waals surface area (Å²) in [6.07, 6.45) is -0.925. The van der Waals surface area contributed by atoms with E-state index in [1.54, 1.807) is 42.5 Å². The average Bonchev–Trinajstić information content (AvgIpc) is 3.06. The van der Waals surface area contributed by atoms with Gasteiger partial charge in [-0.2, -0.15) is 13.2 Å². The molecule has 0 amide bonds. The van der Waals surface area contributed by atoms with Gasteiger partial charge in [-0.25, -0.2) is 0 Å². The Morgan fingerprint density at radius 3 is 2.33 bits per heavy atom. The first-order valence-corrected chi connectivity index (χ1v) is 7.86. The van der Waals surface area contributed by atoms with Crippen LogP contribution in [0.1, 0.15) is 6.42 Å². The van der Waals surface area contributed by atoms with Crippen molar-refractivity contribution in [2.75, 3.05) is 0 Å². The first-order chi connectivity index (χ1) is 9.89. The highest BCUT2D eigenvalue weighted by molar-refractivity contribution is 7.85. The second-order valence-corrected chi connectivity index (χ2v) is 7.02. The fourth-order valence-corrected chi connectivity index (χ4v) is 5.16. The molecule has 0 aliphatic heterocycles. The van der Waals surface area contributed by atoms with Gasteiger partial charge in [-0.05, 0) is 30.4 Å². The van der Waals surface area contributed by atoms with Crippen molar-refractivity contribution in [1.82, 2.24) is 0 Å². The highest BCUT2D eigenvalue weighted by Gasteiger charge is 2.57. The van der Waals surface area contributed by atoms with Crippen molar-refractivity contribution in [3.8, 4) is 0 Å². The molecule has 112 valence electrons. The summed E-state index contributed by atoms with van der Waals surface area (Å²) in [5.74, 6) is -3.62. The number of carbonyl (C=O) groups excluding carboxylic acids is 1. The van der Waals surface area contributed by atoms with Crippen molar-refractivity contribution in [2.45, 2.75) is 22.7 Å². The molecule has 0 aromatic heterocycles. The van der Waals surface area contributed by atoms with E-state index in [1.165, 1.54) is 0 Å². The molecule has 0 heterocycles. The fourth-order valence-electron chi connectivity index (χ4n) is 3.31. The number of allylic oxidation sites excluding steroid dienone is 2. The van der Waals surface area contributed by atoms with Crippen molar-refractivity contribution in [3.05, 3.63) is 42.5 Å². The molecule has 0 N–H and O–H groups in total. The van der Waals surface area contributed by atoms with E-state index in [1.807, 2.05) is 0 Å². The highest BCUT2D eigenvalue weighted by atomic mass is 32.2. The smallest absolute Gasteiger partial charge is 0.289 e. The number of alkyl halides is 3. The number of ketones is 1. The Balaban J connectivity index is 1.95. The van der Waals surface area contributed by atoms with Gasteiger partial charge in [-0.15, -0.1) is 0 Å². The van der Waals surface area contributed by atoms with Crippen LogP contribution in [-0.4, -0.2) is 21.4 Å². The molecule has 1 unspecified atom stereocenters. The Bertz CT molecular complexity index is 609. The van der Waals surface area contributed by atoms with Crippen molar-refractivity contribution in [1.29, 1.82) is 0 Å². The Morgan fingerprint density at radius 1 is 1.10 bits per heavy atom. The Labute approximate surface area is 122 Å². The predicted octanol–water partition coefficient (Wildman–Crippen LogP) is 3.12. The Hall–Kier alpha value is -1.43. The number of Topliss-reactive ketones (excluding diaryl/α,β-unsaturated/α-hetero) is 1. The van der Waals surface area contributed by atoms with Crippen LogP contribution in [0, 0.1) is 17.8 Å². The van der Waals surface area contributed by atoms with E-state index < -0.39 is 39.8 Å². The molecular weight excluding hydrogens is 301 g/mol. The summed E-state index contributed by atoms with van der Waals surface area (Å²) >= 11 is 0. The summed E-state index contributed by atoms with van der Waals surface area (Å²) in [6, 6.07) is 8.38. The van der Waals surface area contributed by atoms with Crippen LogP contribution in [0.15, 0.2) is 47.4 Å². The lowest BCUT2D eigenvalue weighted by atomic mass is 9.89. The number of hydrogen-bond donors (Lipinski definition) is 0. The summed E-state index contributed by atoms with van der Waals surface area (Å²) < 4.78 is 51.0.